The topological polar surface area (TPSA) is 93.7 Å². The Morgan fingerprint density at radius 2 is 1.45 bits per heavy atom. The largest absolute Gasteiger partial charge is 0.379 e. The molecule has 0 aromatic rings. The minimum atomic E-state index is -1.23. The second kappa shape index (κ2) is 11.1. The summed E-state index contributed by atoms with van der Waals surface area (Å²) in [5.41, 5.74) is -1.23. The summed E-state index contributed by atoms with van der Waals surface area (Å²) < 4.78 is 10.7. The molecule has 7 nitrogen and oxygen atoms in total. The number of amides is 4. The Bertz CT molecular complexity index is 369. The minimum absolute atomic E-state index is 0. The smallest absolute Gasteiger partial charge is 0.328 e. The van der Waals surface area contributed by atoms with Crippen LogP contribution in [0.25, 0.3) is 0 Å². The van der Waals surface area contributed by atoms with E-state index in [1.54, 1.807) is 6.92 Å². The summed E-state index contributed by atoms with van der Waals surface area (Å²) in [5, 5.41) is 4.27. The molecule has 1 saturated heterocycles. The molecule has 2 N–H and O–H groups in total. The van der Waals surface area contributed by atoms with Crippen LogP contribution in [0.15, 0.2) is 0 Å². The van der Waals surface area contributed by atoms with Gasteiger partial charge in [0.15, 0.2) is 0 Å². The molecule has 1 radical (unpaired) electrons. The Morgan fingerprint density at radius 3 is 1.95 bits per heavy atom. The standard InChI is InChI=1S/C14H24N2O5.Na/c1-3-5-7-20-9-10-21-8-6-14(4-2)11(17)15-13(19)16-12(14)18;/h3-10H2,1-2H3,(H2,15,16,17,18,19);. The van der Waals surface area contributed by atoms with Crippen molar-refractivity contribution < 1.29 is 23.9 Å². The Labute approximate surface area is 153 Å². The van der Waals surface area contributed by atoms with Crippen molar-refractivity contribution >= 4 is 47.4 Å². The van der Waals surface area contributed by atoms with Crippen LogP contribution in [0.5, 0.6) is 0 Å². The van der Waals surface area contributed by atoms with Gasteiger partial charge >= 0.3 is 6.03 Å². The van der Waals surface area contributed by atoms with Gasteiger partial charge in [0.2, 0.25) is 11.8 Å². The van der Waals surface area contributed by atoms with Crippen LogP contribution in [0, 0.1) is 5.41 Å². The van der Waals surface area contributed by atoms with Crippen LogP contribution >= 0.6 is 0 Å². The molecule has 0 bridgehead atoms. The number of urea groups is 1. The molecular formula is C14H24N2NaO5. The summed E-state index contributed by atoms with van der Waals surface area (Å²) in [5.74, 6) is -1.11. The predicted octanol–water partition coefficient (Wildman–Crippen LogP) is 0.591. The van der Waals surface area contributed by atoms with Crippen LogP contribution in [0.2, 0.25) is 0 Å². The van der Waals surface area contributed by atoms with Gasteiger partial charge in [-0.3, -0.25) is 20.2 Å². The summed E-state index contributed by atoms with van der Waals surface area (Å²) in [4.78, 5) is 34.9. The van der Waals surface area contributed by atoms with E-state index in [0.29, 0.717) is 26.2 Å². The van der Waals surface area contributed by atoms with Gasteiger partial charge in [0.05, 0.1) is 13.2 Å². The fourth-order valence-electron chi connectivity index (χ4n) is 2.12. The second-order valence-corrected chi connectivity index (χ2v) is 5.00. The number of carbonyl (C=O) groups is 3. The van der Waals surface area contributed by atoms with E-state index in [9.17, 15) is 14.4 Å². The normalized spacial score (nSPS) is 16.7. The molecule has 1 aliphatic heterocycles. The number of nitrogens with one attached hydrogen (secondary N) is 2. The maximum Gasteiger partial charge on any atom is 0.328 e. The molecule has 0 saturated carbocycles. The molecule has 1 heterocycles. The van der Waals surface area contributed by atoms with E-state index in [-0.39, 0.29) is 42.6 Å². The van der Waals surface area contributed by atoms with Crippen molar-refractivity contribution in [1.29, 1.82) is 0 Å². The number of rotatable bonds is 10. The number of hydrogen-bond acceptors (Lipinski definition) is 5. The van der Waals surface area contributed by atoms with Crippen molar-refractivity contribution in [3.63, 3.8) is 0 Å². The molecule has 0 aromatic heterocycles. The number of imide groups is 2. The Kier molecular flexibility index (Phi) is 10.9. The summed E-state index contributed by atoms with van der Waals surface area (Å²) in [6.45, 7) is 5.73. The average molecular weight is 323 g/mol. The molecule has 22 heavy (non-hydrogen) atoms. The maximum absolute atomic E-state index is 11.9. The summed E-state index contributed by atoms with van der Waals surface area (Å²) in [6, 6.07) is -0.765. The van der Waals surface area contributed by atoms with Gasteiger partial charge in [-0.2, -0.15) is 0 Å². The van der Waals surface area contributed by atoms with Crippen LogP contribution < -0.4 is 10.6 Å². The van der Waals surface area contributed by atoms with E-state index in [1.807, 2.05) is 0 Å². The molecule has 0 aliphatic carbocycles. The van der Waals surface area contributed by atoms with Gasteiger partial charge in [0.25, 0.3) is 0 Å². The number of carbonyl (C=O) groups excluding carboxylic acids is 3. The van der Waals surface area contributed by atoms with Gasteiger partial charge in [0.1, 0.15) is 5.41 Å². The van der Waals surface area contributed by atoms with Gasteiger partial charge in [-0.25, -0.2) is 4.79 Å². The van der Waals surface area contributed by atoms with Gasteiger partial charge in [0, 0.05) is 42.8 Å². The quantitative estimate of drug-likeness (QED) is 0.349. The molecule has 1 fully saturated rings. The zero-order valence-electron chi connectivity index (χ0n) is 13.7. The van der Waals surface area contributed by atoms with E-state index < -0.39 is 23.3 Å². The first-order valence-corrected chi connectivity index (χ1v) is 7.39. The fourth-order valence-corrected chi connectivity index (χ4v) is 2.12. The van der Waals surface area contributed by atoms with E-state index in [4.69, 9.17) is 9.47 Å². The van der Waals surface area contributed by atoms with Crippen molar-refractivity contribution in [2.75, 3.05) is 26.4 Å². The van der Waals surface area contributed by atoms with E-state index in [0.717, 1.165) is 12.8 Å². The molecule has 0 aromatic carbocycles. The Balaban J connectivity index is 0.00000441. The summed E-state index contributed by atoms with van der Waals surface area (Å²) >= 11 is 0. The fraction of sp³-hybridized carbons (Fsp3) is 0.786. The van der Waals surface area contributed by atoms with E-state index in [1.165, 1.54) is 0 Å². The number of unbranched alkanes of at least 4 members (excludes halogenated alkanes) is 1. The average Bonchev–Trinajstić information content (AvgIpc) is 2.44. The van der Waals surface area contributed by atoms with E-state index in [2.05, 4.69) is 17.6 Å². The number of hydrogen-bond donors (Lipinski definition) is 2. The first-order valence-electron chi connectivity index (χ1n) is 7.39. The monoisotopic (exact) mass is 323 g/mol. The van der Waals surface area contributed by atoms with Crippen LogP contribution in [-0.2, 0) is 19.1 Å². The van der Waals surface area contributed by atoms with Gasteiger partial charge in [-0.15, -0.1) is 0 Å². The van der Waals surface area contributed by atoms with E-state index >= 15 is 0 Å². The van der Waals surface area contributed by atoms with Crippen LogP contribution in [-0.4, -0.2) is 73.8 Å². The third kappa shape index (κ3) is 5.96. The van der Waals surface area contributed by atoms with Crippen molar-refractivity contribution in [3.05, 3.63) is 0 Å². The third-order valence-corrected chi connectivity index (χ3v) is 3.61. The molecule has 1 aliphatic rings. The summed E-state index contributed by atoms with van der Waals surface area (Å²) in [6.07, 6.45) is 2.66. The Hall–Kier alpha value is -0.470. The van der Waals surface area contributed by atoms with Gasteiger partial charge in [-0.1, -0.05) is 20.3 Å². The Morgan fingerprint density at radius 1 is 0.909 bits per heavy atom. The molecule has 0 spiro atoms. The van der Waals surface area contributed by atoms with Crippen molar-refractivity contribution in [2.45, 2.75) is 39.5 Å². The molecule has 121 valence electrons. The minimum Gasteiger partial charge on any atom is -0.379 e. The van der Waals surface area contributed by atoms with Crippen LogP contribution in [0.3, 0.4) is 0 Å². The predicted molar refractivity (Wildman–Crippen MR) is 81.3 cm³/mol. The summed E-state index contributed by atoms with van der Waals surface area (Å²) in [7, 11) is 0. The van der Waals surface area contributed by atoms with Crippen molar-refractivity contribution in [1.82, 2.24) is 10.6 Å². The van der Waals surface area contributed by atoms with Crippen molar-refractivity contribution in [3.8, 4) is 0 Å². The zero-order valence-corrected chi connectivity index (χ0v) is 15.7. The molecular weight excluding hydrogens is 299 g/mol. The first-order chi connectivity index (χ1) is 10.1. The first kappa shape index (κ1) is 21.5. The van der Waals surface area contributed by atoms with Crippen LogP contribution in [0.4, 0.5) is 4.79 Å². The number of barbiturate groups is 1. The molecule has 4 amide bonds. The second-order valence-electron chi connectivity index (χ2n) is 5.00. The molecule has 0 atom stereocenters. The molecule has 1 rings (SSSR count). The SMILES string of the molecule is CCCCOCCOCCC1(CC)C(=O)NC(=O)NC1=O.[Na]. The molecule has 0 unspecified atom stereocenters. The zero-order chi connectivity index (χ0) is 15.7. The van der Waals surface area contributed by atoms with Crippen LogP contribution in [0.1, 0.15) is 39.5 Å². The number of ether oxygens (including phenoxy) is 2. The maximum atomic E-state index is 11.9. The van der Waals surface area contributed by atoms with Gasteiger partial charge < -0.3 is 9.47 Å². The molecule has 8 heteroatoms. The van der Waals surface area contributed by atoms with Crippen molar-refractivity contribution in [2.24, 2.45) is 5.41 Å². The van der Waals surface area contributed by atoms with Gasteiger partial charge in [-0.05, 0) is 19.3 Å². The third-order valence-electron chi connectivity index (χ3n) is 3.61.